The fourth-order valence-electron chi connectivity index (χ4n) is 4.19. The second kappa shape index (κ2) is 13.4. The van der Waals surface area contributed by atoms with Crippen LogP contribution in [-0.2, 0) is 9.53 Å². The van der Waals surface area contributed by atoms with Crippen LogP contribution in [0, 0.1) is 10.1 Å². The highest BCUT2D eigenvalue weighted by molar-refractivity contribution is 6.42. The van der Waals surface area contributed by atoms with E-state index in [4.69, 9.17) is 32.7 Å². The highest BCUT2D eigenvalue weighted by Crippen LogP contribution is 2.31. The number of nitro benzene ring substituents is 1. The molecule has 3 aromatic rings. The zero-order valence-electron chi connectivity index (χ0n) is 21.8. The van der Waals surface area contributed by atoms with E-state index in [1.165, 1.54) is 60.7 Å². The molecule has 11 nitrogen and oxygen atoms in total. The third-order valence-electron chi connectivity index (χ3n) is 6.34. The summed E-state index contributed by atoms with van der Waals surface area (Å²) in [7, 11) is 0. The number of fused-ring (bicyclic) bond motifs is 1. The van der Waals surface area contributed by atoms with Gasteiger partial charge in [0.25, 0.3) is 17.5 Å². The fourth-order valence-corrected chi connectivity index (χ4v) is 4.48. The molecule has 0 spiro atoms. The number of carbonyl (C=O) groups excluding carboxylic acids is 5. The smallest absolute Gasteiger partial charge is 0.343 e. The number of benzene rings is 3. The van der Waals surface area contributed by atoms with E-state index in [9.17, 15) is 34.1 Å². The first-order valence-electron chi connectivity index (χ1n) is 12.7. The van der Waals surface area contributed by atoms with Gasteiger partial charge in [-0.1, -0.05) is 35.7 Å². The number of ether oxygens (including phenoxy) is 2. The molecule has 1 heterocycles. The molecule has 0 aliphatic carbocycles. The van der Waals surface area contributed by atoms with Crippen molar-refractivity contribution in [1.29, 1.82) is 0 Å². The van der Waals surface area contributed by atoms with Gasteiger partial charge in [0.15, 0.2) is 12.4 Å². The quantitative estimate of drug-likeness (QED) is 0.0476. The minimum Gasteiger partial charge on any atom is -0.457 e. The second-order valence-corrected chi connectivity index (χ2v) is 9.97. The van der Waals surface area contributed by atoms with Crippen LogP contribution in [0.1, 0.15) is 67.1 Å². The second-order valence-electron chi connectivity index (χ2n) is 9.16. The lowest BCUT2D eigenvalue weighted by atomic mass is 10.1. The number of Topliss-reactive ketones (excluding diaryl/α,β-unsaturated/α-hetero) is 1. The maximum absolute atomic E-state index is 12.6. The van der Waals surface area contributed by atoms with Crippen LogP contribution >= 0.6 is 23.2 Å². The van der Waals surface area contributed by atoms with Crippen LogP contribution in [0.3, 0.4) is 0 Å². The maximum atomic E-state index is 12.6. The third kappa shape index (κ3) is 6.99. The van der Waals surface area contributed by atoms with Gasteiger partial charge in [0.1, 0.15) is 11.3 Å². The number of nitro groups is 1. The minimum atomic E-state index is -0.710. The Hall–Kier alpha value is -4.61. The number of unbranched alkanes of at least 4 members (excludes halogenated alkanes) is 2. The summed E-state index contributed by atoms with van der Waals surface area (Å²) in [5.41, 5.74) is -0.171. The molecule has 0 N–H and O–H groups in total. The van der Waals surface area contributed by atoms with Gasteiger partial charge in [-0.25, -0.2) is 4.79 Å². The SMILES string of the molecule is O=C(CCCCCN1C(=O)c2cccc([N+](=O)[O-])c2C1=O)OCC(=O)c1ccc(OC(=O)c2ccc(Cl)c(Cl)c2)cc1. The van der Waals surface area contributed by atoms with Crippen molar-refractivity contribution in [3.63, 3.8) is 0 Å². The average molecular weight is 613 g/mol. The average Bonchev–Trinajstić information content (AvgIpc) is 3.22. The zero-order valence-corrected chi connectivity index (χ0v) is 23.4. The van der Waals surface area contributed by atoms with Gasteiger partial charge < -0.3 is 9.47 Å². The summed E-state index contributed by atoms with van der Waals surface area (Å²) >= 11 is 11.8. The molecule has 4 rings (SSSR count). The van der Waals surface area contributed by atoms with Gasteiger partial charge in [-0.3, -0.25) is 34.2 Å². The molecule has 0 aromatic heterocycles. The van der Waals surface area contributed by atoms with Crippen LogP contribution in [0.15, 0.2) is 60.7 Å². The highest BCUT2D eigenvalue weighted by atomic mass is 35.5. The van der Waals surface area contributed by atoms with Gasteiger partial charge in [-0.2, -0.15) is 0 Å². The summed E-state index contributed by atoms with van der Waals surface area (Å²) in [6.45, 7) is -0.426. The predicted octanol–water partition coefficient (Wildman–Crippen LogP) is 5.70. The van der Waals surface area contributed by atoms with Crippen LogP contribution in [0.5, 0.6) is 5.75 Å². The molecule has 13 heteroatoms. The number of esters is 2. The molecule has 216 valence electrons. The summed E-state index contributed by atoms with van der Waals surface area (Å²) < 4.78 is 10.3. The van der Waals surface area contributed by atoms with Crippen molar-refractivity contribution in [1.82, 2.24) is 4.90 Å². The standard InChI is InChI=1S/C29H22Cl2N2O9/c30-21-13-10-18(15-22(21)31)29(38)42-19-11-8-17(9-12-19)24(34)16-41-25(35)7-2-1-3-14-32-27(36)20-5-4-6-23(33(39)40)26(20)28(32)37/h4-6,8-13,15H,1-3,7,14,16H2. The largest absolute Gasteiger partial charge is 0.457 e. The predicted molar refractivity (Wildman–Crippen MR) is 150 cm³/mol. The highest BCUT2D eigenvalue weighted by Gasteiger charge is 2.40. The topological polar surface area (TPSA) is 150 Å². The number of ketones is 1. The van der Waals surface area contributed by atoms with E-state index < -0.39 is 46.8 Å². The van der Waals surface area contributed by atoms with E-state index in [0.29, 0.717) is 24.3 Å². The van der Waals surface area contributed by atoms with Gasteiger partial charge in [0.05, 0.1) is 26.1 Å². The molecule has 0 fully saturated rings. The summed E-state index contributed by atoms with van der Waals surface area (Å²) in [5.74, 6) is -2.81. The van der Waals surface area contributed by atoms with Crippen LogP contribution in [0.2, 0.25) is 10.0 Å². The van der Waals surface area contributed by atoms with Crippen molar-refractivity contribution in [2.24, 2.45) is 0 Å². The van der Waals surface area contributed by atoms with Crippen LogP contribution in [-0.4, -0.2) is 52.5 Å². The van der Waals surface area contributed by atoms with Gasteiger partial charge in [-0.05, 0) is 61.4 Å². The summed E-state index contributed by atoms with van der Waals surface area (Å²) in [5, 5.41) is 11.7. The van der Waals surface area contributed by atoms with E-state index in [-0.39, 0.29) is 46.0 Å². The Kier molecular flexibility index (Phi) is 9.66. The van der Waals surface area contributed by atoms with E-state index >= 15 is 0 Å². The first-order chi connectivity index (χ1) is 20.1. The zero-order chi connectivity index (χ0) is 30.4. The molecule has 42 heavy (non-hydrogen) atoms. The summed E-state index contributed by atoms with van der Waals surface area (Å²) in [6.07, 6.45) is 1.26. The van der Waals surface area contributed by atoms with E-state index in [2.05, 4.69) is 0 Å². The van der Waals surface area contributed by atoms with Crippen molar-refractivity contribution in [3.8, 4) is 5.75 Å². The molecule has 0 radical (unpaired) electrons. The molecule has 0 atom stereocenters. The Balaban J connectivity index is 1.16. The summed E-state index contributed by atoms with van der Waals surface area (Å²) in [4.78, 5) is 73.3. The number of nitrogens with zero attached hydrogens (tertiary/aromatic N) is 2. The molecule has 2 amide bonds. The monoisotopic (exact) mass is 612 g/mol. The van der Waals surface area contributed by atoms with Crippen molar-refractivity contribution in [2.75, 3.05) is 13.2 Å². The van der Waals surface area contributed by atoms with Crippen molar-refractivity contribution < 1.29 is 38.4 Å². The third-order valence-corrected chi connectivity index (χ3v) is 7.08. The Morgan fingerprint density at radius 2 is 1.57 bits per heavy atom. The number of rotatable bonds is 12. The van der Waals surface area contributed by atoms with Gasteiger partial charge >= 0.3 is 11.9 Å². The Morgan fingerprint density at radius 3 is 2.26 bits per heavy atom. The molecule has 0 saturated heterocycles. The number of hydrogen-bond donors (Lipinski definition) is 0. The Labute approximate surface area is 249 Å². The number of hydrogen-bond acceptors (Lipinski definition) is 9. The first-order valence-corrected chi connectivity index (χ1v) is 13.4. The van der Waals surface area contributed by atoms with Crippen molar-refractivity contribution in [2.45, 2.75) is 25.7 Å². The van der Waals surface area contributed by atoms with Crippen molar-refractivity contribution >= 4 is 58.4 Å². The van der Waals surface area contributed by atoms with Gasteiger partial charge in [-0.15, -0.1) is 0 Å². The molecule has 0 unspecified atom stereocenters. The minimum absolute atomic E-state index is 0.00130. The lowest BCUT2D eigenvalue weighted by molar-refractivity contribution is -0.385. The van der Waals surface area contributed by atoms with Crippen LogP contribution in [0.4, 0.5) is 5.69 Å². The first kappa shape index (κ1) is 30.4. The molecular formula is C29H22Cl2N2O9. The Morgan fingerprint density at radius 1 is 0.857 bits per heavy atom. The van der Waals surface area contributed by atoms with E-state index in [1.807, 2.05) is 0 Å². The lowest BCUT2D eigenvalue weighted by Crippen LogP contribution is -2.30. The molecular weight excluding hydrogens is 591 g/mol. The lowest BCUT2D eigenvalue weighted by Gasteiger charge is -2.13. The van der Waals surface area contributed by atoms with Gasteiger partial charge in [0.2, 0.25) is 0 Å². The summed E-state index contributed by atoms with van der Waals surface area (Å²) in [6, 6.07) is 13.9. The van der Waals surface area contributed by atoms with E-state index in [0.717, 1.165) is 4.90 Å². The van der Waals surface area contributed by atoms with Gasteiger partial charge in [0, 0.05) is 24.6 Å². The number of carbonyl (C=O) groups is 5. The fraction of sp³-hybridized carbons (Fsp3) is 0.207. The van der Waals surface area contributed by atoms with Crippen molar-refractivity contribution in [3.05, 3.63) is 103 Å². The normalized spacial score (nSPS) is 12.2. The van der Waals surface area contributed by atoms with E-state index in [1.54, 1.807) is 0 Å². The molecule has 0 saturated carbocycles. The maximum Gasteiger partial charge on any atom is 0.343 e. The number of amides is 2. The molecule has 3 aromatic carbocycles. The van der Waals surface area contributed by atoms with Crippen LogP contribution < -0.4 is 4.74 Å². The van der Waals surface area contributed by atoms with Crippen LogP contribution in [0.25, 0.3) is 0 Å². The Bertz CT molecular complexity index is 1590. The molecule has 1 aliphatic rings. The number of halogens is 2. The molecule has 0 bridgehead atoms. The molecule has 1 aliphatic heterocycles. The number of imide groups is 1.